The third-order valence-corrected chi connectivity index (χ3v) is 4.94. The number of nitriles is 2. The van der Waals surface area contributed by atoms with Crippen LogP contribution in [0.2, 0.25) is 0 Å². The summed E-state index contributed by atoms with van der Waals surface area (Å²) in [6, 6.07) is 3.74. The van der Waals surface area contributed by atoms with Crippen LogP contribution in [0.3, 0.4) is 0 Å². The molecule has 1 atom stereocenters. The molecule has 2 N–H and O–H groups in total. The van der Waals surface area contributed by atoms with Crippen LogP contribution in [0, 0.1) is 29.6 Å². The molecule has 150 valence electrons. The lowest BCUT2D eigenvalue weighted by Crippen LogP contribution is -2.46. The van der Waals surface area contributed by atoms with Crippen LogP contribution >= 0.6 is 0 Å². The van der Waals surface area contributed by atoms with E-state index in [2.05, 4.69) is 0 Å². The van der Waals surface area contributed by atoms with Gasteiger partial charge >= 0.3 is 0 Å². The van der Waals surface area contributed by atoms with Gasteiger partial charge in [0.2, 0.25) is 5.88 Å². The molecule has 0 fully saturated rings. The zero-order chi connectivity index (χ0) is 21.9. The van der Waals surface area contributed by atoms with Crippen LogP contribution in [0.25, 0.3) is 6.08 Å². The van der Waals surface area contributed by atoms with Gasteiger partial charge < -0.3 is 15.1 Å². The molecule has 0 saturated carbocycles. The highest BCUT2D eigenvalue weighted by atomic mass is 16.3. The van der Waals surface area contributed by atoms with Crippen molar-refractivity contribution in [1.82, 2.24) is 9.47 Å². The molecule has 8 nitrogen and oxygen atoms in total. The van der Waals surface area contributed by atoms with E-state index in [0.29, 0.717) is 29.7 Å². The molecule has 0 spiro atoms. The topological polar surface area (TPSA) is 130 Å². The Labute approximate surface area is 168 Å². The van der Waals surface area contributed by atoms with Gasteiger partial charge in [-0.25, -0.2) is 0 Å². The number of nitrogens with zero attached hydrogens (tertiary/aromatic N) is 4. The molecule has 1 aromatic rings. The molecule has 1 amide bonds. The number of rotatable bonds is 4. The second-order valence-electron chi connectivity index (χ2n) is 6.68. The van der Waals surface area contributed by atoms with Gasteiger partial charge in [-0.1, -0.05) is 19.1 Å². The molecule has 0 saturated heterocycles. The Bertz CT molecular complexity index is 1090. The van der Waals surface area contributed by atoms with Crippen molar-refractivity contribution in [3.63, 3.8) is 0 Å². The van der Waals surface area contributed by atoms with Gasteiger partial charge in [-0.3, -0.25) is 14.2 Å². The van der Waals surface area contributed by atoms with Crippen LogP contribution < -0.4 is 5.56 Å². The largest absolute Gasteiger partial charge is 0.494 e. The molecule has 29 heavy (non-hydrogen) atoms. The van der Waals surface area contributed by atoms with Gasteiger partial charge in [0, 0.05) is 24.7 Å². The molecule has 8 heteroatoms. The molecule has 2 heterocycles. The first-order valence-electron chi connectivity index (χ1n) is 9.02. The fourth-order valence-electron chi connectivity index (χ4n) is 3.21. The van der Waals surface area contributed by atoms with Crippen LogP contribution in [-0.2, 0) is 11.8 Å². The first-order valence-corrected chi connectivity index (χ1v) is 9.02. The number of allylic oxidation sites excluding steroid dienone is 2. The number of pyridine rings is 1. The molecule has 1 aromatic heterocycles. The Balaban J connectivity index is 2.57. The number of aromatic nitrogens is 1. The lowest BCUT2D eigenvalue weighted by Gasteiger charge is -2.34. The monoisotopic (exact) mass is 394 g/mol. The molecule has 0 bridgehead atoms. The zero-order valence-corrected chi connectivity index (χ0v) is 16.7. The van der Waals surface area contributed by atoms with Gasteiger partial charge in [-0.2, -0.15) is 10.5 Å². The summed E-state index contributed by atoms with van der Waals surface area (Å²) in [5, 5.41) is 39.4. The molecule has 0 aliphatic carbocycles. The van der Waals surface area contributed by atoms with Crippen molar-refractivity contribution in [1.29, 1.82) is 10.5 Å². The normalized spacial score (nSPS) is 18.4. The minimum absolute atomic E-state index is 0.0312. The molecular formula is C21H22N4O4. The average Bonchev–Trinajstić information content (AvgIpc) is 2.69. The number of carbonyl (C=O) groups is 1. The minimum atomic E-state index is -1.20. The van der Waals surface area contributed by atoms with Gasteiger partial charge in [0.15, 0.2) is 6.23 Å². The van der Waals surface area contributed by atoms with Crippen LogP contribution in [0.15, 0.2) is 33.7 Å². The molecule has 0 radical (unpaired) electrons. The number of carbonyl (C=O) groups excluding carboxylic acids is 1. The maximum absolute atomic E-state index is 12.4. The van der Waals surface area contributed by atoms with E-state index in [1.165, 1.54) is 24.1 Å². The second kappa shape index (κ2) is 8.59. The smallest absolute Gasteiger partial charge is 0.271 e. The van der Waals surface area contributed by atoms with Crippen molar-refractivity contribution in [3.8, 4) is 18.0 Å². The van der Waals surface area contributed by atoms with Crippen LogP contribution in [-0.4, -0.2) is 38.4 Å². The zero-order valence-electron chi connectivity index (χ0n) is 16.7. The van der Waals surface area contributed by atoms with E-state index in [1.807, 2.05) is 19.1 Å². The number of hydrogen-bond donors (Lipinski definition) is 2. The van der Waals surface area contributed by atoms with E-state index in [0.717, 1.165) is 4.57 Å². The highest BCUT2D eigenvalue weighted by Crippen LogP contribution is 2.29. The van der Waals surface area contributed by atoms with E-state index in [4.69, 9.17) is 0 Å². The summed E-state index contributed by atoms with van der Waals surface area (Å²) in [6.07, 6.45) is 4.00. The summed E-state index contributed by atoms with van der Waals surface area (Å²) in [7, 11) is 1.36. The maximum atomic E-state index is 12.4. The number of hydrogen-bond acceptors (Lipinski definition) is 6. The fraction of sp³-hybridized carbons (Fsp3) is 0.333. The number of aliphatic hydroxyl groups is 1. The first kappa shape index (κ1) is 21.7. The Morgan fingerprint density at radius 3 is 2.41 bits per heavy atom. The Hall–Kier alpha value is -3.62. The number of aromatic hydroxyl groups is 1. The Morgan fingerprint density at radius 1 is 1.21 bits per heavy atom. The van der Waals surface area contributed by atoms with Crippen molar-refractivity contribution < 1.29 is 15.0 Å². The summed E-state index contributed by atoms with van der Waals surface area (Å²) in [6.45, 7) is 5.30. The van der Waals surface area contributed by atoms with Crippen molar-refractivity contribution in [2.45, 2.75) is 33.4 Å². The van der Waals surface area contributed by atoms with Gasteiger partial charge in [-0.05, 0) is 37.5 Å². The van der Waals surface area contributed by atoms with Gasteiger partial charge in [0.1, 0.15) is 23.3 Å². The fourth-order valence-corrected chi connectivity index (χ4v) is 3.21. The highest BCUT2D eigenvalue weighted by Gasteiger charge is 2.34. The molecular weight excluding hydrogens is 372 g/mol. The molecule has 1 aliphatic rings. The number of aliphatic hydroxyl groups excluding tert-OH is 1. The van der Waals surface area contributed by atoms with Crippen LogP contribution in [0.1, 0.15) is 37.0 Å². The first-order chi connectivity index (χ1) is 13.7. The molecule has 2 rings (SSSR count). The minimum Gasteiger partial charge on any atom is -0.494 e. The maximum Gasteiger partial charge on any atom is 0.271 e. The average molecular weight is 394 g/mol. The quantitative estimate of drug-likeness (QED) is 0.798. The molecule has 0 aromatic carbocycles. The van der Waals surface area contributed by atoms with Gasteiger partial charge in [0.25, 0.3) is 11.5 Å². The highest BCUT2D eigenvalue weighted by molar-refractivity contribution is 6.00. The lowest BCUT2D eigenvalue weighted by molar-refractivity contribution is -0.135. The van der Waals surface area contributed by atoms with E-state index in [9.17, 15) is 30.3 Å². The van der Waals surface area contributed by atoms with E-state index < -0.39 is 17.7 Å². The molecule has 1 unspecified atom stereocenters. The Morgan fingerprint density at radius 2 is 1.86 bits per heavy atom. The Kier molecular flexibility index (Phi) is 6.42. The predicted molar refractivity (Wildman–Crippen MR) is 106 cm³/mol. The second-order valence-corrected chi connectivity index (χ2v) is 6.68. The lowest BCUT2D eigenvalue weighted by atomic mass is 9.94. The summed E-state index contributed by atoms with van der Waals surface area (Å²) < 4.78 is 0.981. The molecule has 1 aliphatic heterocycles. The summed E-state index contributed by atoms with van der Waals surface area (Å²) in [5.74, 6) is -0.802. The van der Waals surface area contributed by atoms with Crippen molar-refractivity contribution in [2.75, 3.05) is 6.54 Å². The SMILES string of the molecule is CCCN1C(=O)C(C#N)=C(C)/C(=C/C=Cc2c(C)c(C#N)c(=O)n(C)c2O)C1O. The standard InChI is InChI=1S/C21H22N4O4/c1-5-9-25-20(28)15(13(3)17(11-23)21(25)29)8-6-7-14-12(2)16(10-22)19(27)24(4)18(14)26/h6-8,20,26,28H,5,9H2,1-4H3/b7-6?,15-8-. The van der Waals surface area contributed by atoms with Crippen LogP contribution in [0.5, 0.6) is 5.88 Å². The van der Waals surface area contributed by atoms with Gasteiger partial charge in [-0.15, -0.1) is 0 Å². The predicted octanol–water partition coefficient (Wildman–Crippen LogP) is 1.62. The number of amides is 1. The summed E-state index contributed by atoms with van der Waals surface area (Å²) >= 11 is 0. The van der Waals surface area contributed by atoms with Crippen molar-refractivity contribution in [3.05, 3.63) is 55.9 Å². The summed E-state index contributed by atoms with van der Waals surface area (Å²) in [4.78, 5) is 25.6. The van der Waals surface area contributed by atoms with E-state index >= 15 is 0 Å². The van der Waals surface area contributed by atoms with Crippen LogP contribution in [0.4, 0.5) is 0 Å². The summed E-state index contributed by atoms with van der Waals surface area (Å²) in [5.41, 5.74) is 0.685. The van der Waals surface area contributed by atoms with Crippen molar-refractivity contribution >= 4 is 12.0 Å². The van der Waals surface area contributed by atoms with E-state index in [-0.39, 0.29) is 22.6 Å². The third kappa shape index (κ3) is 3.71. The third-order valence-electron chi connectivity index (χ3n) is 4.94. The van der Waals surface area contributed by atoms with E-state index in [1.54, 1.807) is 19.9 Å². The van der Waals surface area contributed by atoms with Crippen molar-refractivity contribution in [2.24, 2.45) is 7.05 Å². The van der Waals surface area contributed by atoms with Gasteiger partial charge in [0.05, 0.1) is 0 Å².